The third-order valence-corrected chi connectivity index (χ3v) is 3.50. The van der Waals surface area contributed by atoms with Crippen molar-refractivity contribution in [1.82, 2.24) is 5.32 Å². The quantitative estimate of drug-likeness (QED) is 0.565. The van der Waals surface area contributed by atoms with E-state index in [1.807, 2.05) is 30.3 Å². The van der Waals surface area contributed by atoms with Gasteiger partial charge in [0.05, 0.1) is 13.0 Å². The van der Waals surface area contributed by atoms with Crippen LogP contribution in [0.15, 0.2) is 54.6 Å². The lowest BCUT2D eigenvalue weighted by Crippen LogP contribution is -2.41. The average Bonchev–Trinajstić information content (AvgIpc) is 2.63. The van der Waals surface area contributed by atoms with Gasteiger partial charge in [-0.1, -0.05) is 18.2 Å². The Hall–Kier alpha value is -2.90. The highest BCUT2D eigenvalue weighted by Gasteiger charge is 2.20. The number of carboxylic acids is 1. The average molecular weight is 358 g/mol. The number of benzene rings is 2. The molecule has 3 N–H and O–H groups in total. The van der Waals surface area contributed by atoms with Crippen molar-refractivity contribution in [2.24, 2.45) is 0 Å². The highest BCUT2D eigenvalue weighted by Crippen LogP contribution is 2.22. The first-order valence-electron chi connectivity index (χ1n) is 8.16. The summed E-state index contributed by atoms with van der Waals surface area (Å²) in [5.41, 5.74) is 0.566. The number of methoxy groups -OCH3 is 1. The minimum atomic E-state index is -1.08. The van der Waals surface area contributed by atoms with Crippen LogP contribution >= 0.6 is 0 Å². The lowest BCUT2D eigenvalue weighted by Gasteiger charge is -2.14. The smallest absolute Gasteiger partial charge is 0.321 e. The Bertz CT molecular complexity index is 704. The van der Waals surface area contributed by atoms with Crippen molar-refractivity contribution in [3.8, 4) is 11.5 Å². The van der Waals surface area contributed by atoms with Crippen molar-refractivity contribution in [2.45, 2.75) is 12.5 Å². The second-order valence-electron chi connectivity index (χ2n) is 5.53. The Morgan fingerprint density at radius 1 is 1.04 bits per heavy atom. The molecule has 0 heterocycles. The van der Waals surface area contributed by atoms with Gasteiger partial charge in [0.1, 0.15) is 17.5 Å². The van der Waals surface area contributed by atoms with Gasteiger partial charge in [-0.25, -0.2) is 0 Å². The third kappa shape index (κ3) is 6.54. The summed E-state index contributed by atoms with van der Waals surface area (Å²) in [4.78, 5) is 23.3. The molecule has 2 aromatic rings. The highest BCUT2D eigenvalue weighted by atomic mass is 16.5. The Balaban J connectivity index is 1.87. The molecule has 138 valence electrons. The molecule has 0 aromatic heterocycles. The summed E-state index contributed by atoms with van der Waals surface area (Å²) in [5.74, 6) is -0.114. The van der Waals surface area contributed by atoms with Crippen molar-refractivity contribution < 1.29 is 24.2 Å². The maximum Gasteiger partial charge on any atom is 0.321 e. The third-order valence-electron chi connectivity index (χ3n) is 3.50. The zero-order valence-corrected chi connectivity index (χ0v) is 14.5. The van der Waals surface area contributed by atoms with E-state index in [0.29, 0.717) is 24.6 Å². The van der Waals surface area contributed by atoms with Gasteiger partial charge in [0, 0.05) is 19.3 Å². The Morgan fingerprint density at radius 3 is 2.31 bits per heavy atom. The van der Waals surface area contributed by atoms with E-state index in [-0.39, 0.29) is 12.3 Å². The fourth-order valence-corrected chi connectivity index (χ4v) is 2.21. The minimum Gasteiger partial charge on any atom is -0.480 e. The van der Waals surface area contributed by atoms with Gasteiger partial charge >= 0.3 is 5.97 Å². The fourth-order valence-electron chi connectivity index (χ4n) is 2.21. The van der Waals surface area contributed by atoms with Gasteiger partial charge in [-0.3, -0.25) is 9.59 Å². The summed E-state index contributed by atoms with van der Waals surface area (Å²) in [7, 11) is 1.52. The molecule has 1 atom stereocenters. The molecule has 2 aromatic carbocycles. The predicted octanol–water partition coefficient (Wildman–Crippen LogP) is 2.50. The first-order chi connectivity index (χ1) is 12.6. The normalized spacial score (nSPS) is 11.6. The number of para-hydroxylation sites is 1. The van der Waals surface area contributed by atoms with Gasteiger partial charge in [0.25, 0.3) is 0 Å². The summed E-state index contributed by atoms with van der Waals surface area (Å²) < 4.78 is 10.5. The van der Waals surface area contributed by atoms with Crippen molar-refractivity contribution in [3.63, 3.8) is 0 Å². The van der Waals surface area contributed by atoms with E-state index >= 15 is 0 Å². The predicted molar refractivity (Wildman–Crippen MR) is 97.5 cm³/mol. The van der Waals surface area contributed by atoms with E-state index in [9.17, 15) is 9.59 Å². The van der Waals surface area contributed by atoms with Crippen molar-refractivity contribution in [1.29, 1.82) is 0 Å². The Kier molecular flexibility index (Phi) is 7.60. The molecular weight excluding hydrogens is 336 g/mol. The van der Waals surface area contributed by atoms with Crippen LogP contribution in [0.1, 0.15) is 6.42 Å². The van der Waals surface area contributed by atoms with E-state index in [4.69, 9.17) is 14.6 Å². The Labute approximate surface area is 151 Å². The van der Waals surface area contributed by atoms with Crippen LogP contribution in [0.4, 0.5) is 5.69 Å². The van der Waals surface area contributed by atoms with Gasteiger partial charge in [0.2, 0.25) is 5.91 Å². The van der Waals surface area contributed by atoms with Crippen LogP contribution in [-0.4, -0.2) is 43.3 Å². The first-order valence-corrected chi connectivity index (χ1v) is 8.16. The summed E-state index contributed by atoms with van der Waals surface area (Å²) >= 11 is 0. The number of amides is 1. The van der Waals surface area contributed by atoms with Crippen LogP contribution in [0.5, 0.6) is 11.5 Å². The maximum atomic E-state index is 12.1. The van der Waals surface area contributed by atoms with E-state index < -0.39 is 12.0 Å². The largest absolute Gasteiger partial charge is 0.480 e. The lowest BCUT2D eigenvalue weighted by atomic mass is 10.2. The zero-order valence-electron chi connectivity index (χ0n) is 14.5. The number of ether oxygens (including phenoxy) is 2. The van der Waals surface area contributed by atoms with Gasteiger partial charge in [0.15, 0.2) is 0 Å². The van der Waals surface area contributed by atoms with Crippen LogP contribution in [0.3, 0.4) is 0 Å². The van der Waals surface area contributed by atoms with Crippen LogP contribution in [0.2, 0.25) is 0 Å². The van der Waals surface area contributed by atoms with Gasteiger partial charge < -0.3 is 25.2 Å². The monoisotopic (exact) mass is 358 g/mol. The molecule has 2 rings (SSSR count). The zero-order chi connectivity index (χ0) is 18.8. The van der Waals surface area contributed by atoms with Gasteiger partial charge in [-0.05, 0) is 36.4 Å². The molecule has 0 spiro atoms. The molecule has 0 bridgehead atoms. The SMILES string of the molecule is COCCN[C@@H](CC(=O)Nc1ccc(Oc2ccccc2)cc1)C(=O)O. The maximum absolute atomic E-state index is 12.1. The second kappa shape index (κ2) is 10.2. The number of aliphatic carboxylic acids is 1. The standard InChI is InChI=1S/C19H22N2O5/c1-25-12-11-20-17(19(23)24)13-18(22)21-14-7-9-16(10-8-14)26-15-5-3-2-4-6-15/h2-10,17,20H,11-13H2,1H3,(H,21,22)(H,23,24)/t17-/m0/s1. The minimum absolute atomic E-state index is 0.179. The Morgan fingerprint density at radius 2 is 1.69 bits per heavy atom. The summed E-state index contributed by atoms with van der Waals surface area (Å²) in [5, 5.41) is 14.6. The summed E-state index contributed by atoms with van der Waals surface area (Å²) in [6.07, 6.45) is -0.179. The summed E-state index contributed by atoms with van der Waals surface area (Å²) in [6.45, 7) is 0.723. The van der Waals surface area contributed by atoms with Gasteiger partial charge in [-0.15, -0.1) is 0 Å². The highest BCUT2D eigenvalue weighted by molar-refractivity contribution is 5.94. The van der Waals surface area contributed by atoms with Crippen LogP contribution in [-0.2, 0) is 14.3 Å². The van der Waals surface area contributed by atoms with E-state index in [0.717, 1.165) is 5.75 Å². The molecule has 0 aliphatic carbocycles. The first kappa shape index (κ1) is 19.4. The second-order valence-corrected chi connectivity index (χ2v) is 5.53. The number of carbonyl (C=O) groups is 2. The molecule has 26 heavy (non-hydrogen) atoms. The van der Waals surface area contributed by atoms with E-state index in [1.54, 1.807) is 24.3 Å². The number of hydrogen-bond donors (Lipinski definition) is 3. The number of rotatable bonds is 10. The fraction of sp³-hybridized carbons (Fsp3) is 0.263. The van der Waals surface area contributed by atoms with Crippen LogP contribution < -0.4 is 15.4 Å². The van der Waals surface area contributed by atoms with Crippen molar-refractivity contribution >= 4 is 17.6 Å². The molecule has 0 radical (unpaired) electrons. The number of anilines is 1. The van der Waals surface area contributed by atoms with Crippen molar-refractivity contribution in [2.75, 3.05) is 25.6 Å². The van der Waals surface area contributed by atoms with Crippen molar-refractivity contribution in [3.05, 3.63) is 54.6 Å². The van der Waals surface area contributed by atoms with Gasteiger partial charge in [-0.2, -0.15) is 0 Å². The molecule has 7 heteroatoms. The molecular formula is C19H22N2O5. The summed E-state index contributed by atoms with van der Waals surface area (Å²) in [6, 6.07) is 15.2. The molecule has 7 nitrogen and oxygen atoms in total. The van der Waals surface area contributed by atoms with E-state index in [1.165, 1.54) is 7.11 Å². The molecule has 0 saturated carbocycles. The molecule has 0 unspecified atom stereocenters. The topological polar surface area (TPSA) is 96.9 Å². The number of hydrogen-bond acceptors (Lipinski definition) is 5. The number of nitrogens with one attached hydrogen (secondary N) is 2. The molecule has 0 aliphatic heterocycles. The number of carboxylic acid groups (broad SMARTS) is 1. The molecule has 0 saturated heterocycles. The molecule has 1 amide bonds. The molecule has 0 fully saturated rings. The van der Waals surface area contributed by atoms with Crippen LogP contribution in [0.25, 0.3) is 0 Å². The lowest BCUT2D eigenvalue weighted by molar-refractivity contribution is -0.141. The van der Waals surface area contributed by atoms with E-state index in [2.05, 4.69) is 10.6 Å². The number of carbonyl (C=O) groups excluding carboxylic acids is 1. The van der Waals surface area contributed by atoms with Crippen LogP contribution in [0, 0.1) is 0 Å². The molecule has 0 aliphatic rings.